The van der Waals surface area contributed by atoms with Crippen LogP contribution in [-0.2, 0) is 4.74 Å². The van der Waals surface area contributed by atoms with Crippen LogP contribution in [0.3, 0.4) is 0 Å². The van der Waals surface area contributed by atoms with Crippen molar-refractivity contribution in [3.8, 4) is 0 Å². The smallest absolute Gasteiger partial charge is 0.315 e. The van der Waals surface area contributed by atoms with Crippen molar-refractivity contribution in [2.75, 3.05) is 19.8 Å². The standard InChI is InChI=1S/C14H21N3O2S/c1-9-8-20-13(16-9)12(11-2-3-11)17-14(18)15-6-10-4-5-19-7-10/h8,10-12H,2-7H2,1H3,(H2,15,17,18)/t10-,12+/m0/s1. The normalized spacial score (nSPS) is 23.6. The SMILES string of the molecule is Cc1csc([C@H](NC(=O)NC[C@@H]2CCOC2)C2CC2)n1. The minimum atomic E-state index is -0.0818. The maximum Gasteiger partial charge on any atom is 0.315 e. The van der Waals surface area contributed by atoms with Crippen molar-refractivity contribution >= 4 is 17.4 Å². The Morgan fingerprint density at radius 2 is 2.40 bits per heavy atom. The van der Waals surface area contributed by atoms with Gasteiger partial charge in [0.2, 0.25) is 0 Å². The first-order valence-corrected chi connectivity index (χ1v) is 8.14. The topological polar surface area (TPSA) is 63.2 Å². The molecule has 1 saturated carbocycles. The van der Waals surface area contributed by atoms with Crippen LogP contribution in [-0.4, -0.2) is 30.8 Å². The second-order valence-electron chi connectivity index (χ2n) is 5.73. The Labute approximate surface area is 123 Å². The fourth-order valence-corrected chi connectivity index (χ4v) is 3.44. The van der Waals surface area contributed by atoms with E-state index in [1.54, 1.807) is 11.3 Å². The first kappa shape index (κ1) is 13.8. The molecular weight excluding hydrogens is 274 g/mol. The summed E-state index contributed by atoms with van der Waals surface area (Å²) < 4.78 is 5.31. The van der Waals surface area contributed by atoms with Crippen LogP contribution >= 0.6 is 11.3 Å². The molecule has 0 spiro atoms. The highest BCUT2D eigenvalue weighted by atomic mass is 32.1. The van der Waals surface area contributed by atoms with Gasteiger partial charge in [0.15, 0.2) is 0 Å². The number of hydrogen-bond donors (Lipinski definition) is 2. The number of ether oxygens (including phenoxy) is 1. The molecule has 2 atom stereocenters. The van der Waals surface area contributed by atoms with E-state index in [1.807, 2.05) is 12.3 Å². The Morgan fingerprint density at radius 1 is 1.55 bits per heavy atom. The molecule has 0 aromatic carbocycles. The molecule has 3 rings (SSSR count). The number of carbonyl (C=O) groups excluding carboxylic acids is 1. The molecule has 5 nitrogen and oxygen atoms in total. The zero-order valence-electron chi connectivity index (χ0n) is 11.7. The lowest BCUT2D eigenvalue weighted by Crippen LogP contribution is -2.40. The lowest BCUT2D eigenvalue weighted by atomic mass is 10.1. The molecule has 0 unspecified atom stereocenters. The van der Waals surface area contributed by atoms with Crippen molar-refractivity contribution in [3.63, 3.8) is 0 Å². The molecule has 1 aliphatic carbocycles. The number of amides is 2. The molecule has 1 aromatic heterocycles. The molecule has 2 aliphatic rings. The van der Waals surface area contributed by atoms with E-state index in [9.17, 15) is 4.79 Å². The second-order valence-corrected chi connectivity index (χ2v) is 6.62. The number of thiazole rings is 1. The van der Waals surface area contributed by atoms with Gasteiger partial charge in [0.05, 0.1) is 12.6 Å². The molecule has 1 aliphatic heterocycles. The minimum Gasteiger partial charge on any atom is -0.381 e. The monoisotopic (exact) mass is 295 g/mol. The Kier molecular flexibility index (Phi) is 4.21. The zero-order valence-corrected chi connectivity index (χ0v) is 12.5. The predicted octanol–water partition coefficient (Wildman–Crippen LogP) is 2.24. The highest BCUT2D eigenvalue weighted by molar-refractivity contribution is 7.09. The molecule has 2 N–H and O–H groups in total. The van der Waals surface area contributed by atoms with E-state index in [0.29, 0.717) is 18.4 Å². The molecule has 2 fully saturated rings. The number of rotatable bonds is 5. The number of nitrogens with one attached hydrogen (secondary N) is 2. The lowest BCUT2D eigenvalue weighted by Gasteiger charge is -2.17. The van der Waals surface area contributed by atoms with Gasteiger partial charge in [0, 0.05) is 30.1 Å². The van der Waals surface area contributed by atoms with Crippen molar-refractivity contribution in [2.24, 2.45) is 11.8 Å². The maximum atomic E-state index is 12.0. The summed E-state index contributed by atoms with van der Waals surface area (Å²) in [4.78, 5) is 16.6. The average Bonchev–Trinajstić information content (AvgIpc) is 2.96. The summed E-state index contributed by atoms with van der Waals surface area (Å²) in [5.74, 6) is 1.02. The van der Waals surface area contributed by atoms with Gasteiger partial charge in [0.1, 0.15) is 5.01 Å². The van der Waals surface area contributed by atoms with E-state index in [2.05, 4.69) is 15.6 Å². The molecule has 6 heteroatoms. The van der Waals surface area contributed by atoms with Gasteiger partial charge < -0.3 is 15.4 Å². The number of hydrogen-bond acceptors (Lipinski definition) is 4. The van der Waals surface area contributed by atoms with Crippen molar-refractivity contribution in [1.82, 2.24) is 15.6 Å². The van der Waals surface area contributed by atoms with Gasteiger partial charge in [-0.25, -0.2) is 9.78 Å². The van der Waals surface area contributed by atoms with Crippen LogP contribution in [0.4, 0.5) is 4.79 Å². The van der Waals surface area contributed by atoms with Crippen molar-refractivity contribution in [2.45, 2.75) is 32.2 Å². The third-order valence-corrected chi connectivity index (χ3v) is 4.90. The molecule has 2 amide bonds. The van der Waals surface area contributed by atoms with Gasteiger partial charge in [-0.2, -0.15) is 0 Å². The molecule has 0 bridgehead atoms. The molecule has 20 heavy (non-hydrogen) atoms. The number of carbonyl (C=O) groups is 1. The van der Waals surface area contributed by atoms with Gasteiger partial charge in [-0.05, 0) is 32.1 Å². The van der Waals surface area contributed by atoms with Gasteiger partial charge in [-0.1, -0.05) is 0 Å². The summed E-state index contributed by atoms with van der Waals surface area (Å²) in [6.45, 7) is 4.26. The van der Waals surface area contributed by atoms with E-state index in [4.69, 9.17) is 4.74 Å². The van der Waals surface area contributed by atoms with E-state index in [0.717, 1.165) is 30.3 Å². The second kappa shape index (κ2) is 6.10. The molecule has 110 valence electrons. The summed E-state index contributed by atoms with van der Waals surface area (Å²) >= 11 is 1.64. The first-order chi connectivity index (χ1) is 9.72. The Hall–Kier alpha value is -1.14. The number of urea groups is 1. The molecule has 1 aromatic rings. The maximum absolute atomic E-state index is 12.0. The minimum absolute atomic E-state index is 0.0773. The number of nitrogens with zero attached hydrogens (tertiary/aromatic N) is 1. The van der Waals surface area contributed by atoms with Crippen LogP contribution < -0.4 is 10.6 Å². The largest absolute Gasteiger partial charge is 0.381 e. The third-order valence-electron chi connectivity index (χ3n) is 3.86. The van der Waals surface area contributed by atoms with Gasteiger partial charge in [-0.3, -0.25) is 0 Å². The number of aromatic nitrogens is 1. The van der Waals surface area contributed by atoms with Crippen LogP contribution in [0.25, 0.3) is 0 Å². The van der Waals surface area contributed by atoms with Crippen molar-refractivity contribution < 1.29 is 9.53 Å². The highest BCUT2D eigenvalue weighted by Gasteiger charge is 2.35. The zero-order chi connectivity index (χ0) is 13.9. The predicted molar refractivity (Wildman–Crippen MR) is 77.8 cm³/mol. The van der Waals surface area contributed by atoms with E-state index in [1.165, 1.54) is 12.8 Å². The third kappa shape index (κ3) is 3.49. The van der Waals surface area contributed by atoms with E-state index < -0.39 is 0 Å². The summed E-state index contributed by atoms with van der Waals surface area (Å²) in [5, 5.41) is 9.12. The average molecular weight is 295 g/mol. The highest BCUT2D eigenvalue weighted by Crippen LogP contribution is 2.41. The molecular formula is C14H21N3O2S. The van der Waals surface area contributed by atoms with Gasteiger partial charge in [-0.15, -0.1) is 11.3 Å². The van der Waals surface area contributed by atoms with Crippen LogP contribution in [0.2, 0.25) is 0 Å². The Morgan fingerprint density at radius 3 is 3.00 bits per heavy atom. The van der Waals surface area contributed by atoms with Crippen LogP contribution in [0.5, 0.6) is 0 Å². The first-order valence-electron chi connectivity index (χ1n) is 7.26. The quantitative estimate of drug-likeness (QED) is 0.875. The van der Waals surface area contributed by atoms with Crippen molar-refractivity contribution in [3.05, 3.63) is 16.1 Å². The fourth-order valence-electron chi connectivity index (χ4n) is 2.50. The van der Waals surface area contributed by atoms with Crippen LogP contribution in [0.15, 0.2) is 5.38 Å². The summed E-state index contributed by atoms with van der Waals surface area (Å²) in [6.07, 6.45) is 3.40. The van der Waals surface area contributed by atoms with E-state index in [-0.39, 0.29) is 12.1 Å². The van der Waals surface area contributed by atoms with Gasteiger partial charge in [0.25, 0.3) is 0 Å². The summed E-state index contributed by atoms with van der Waals surface area (Å²) in [6, 6.07) is -0.00446. The van der Waals surface area contributed by atoms with Crippen LogP contribution in [0, 0.1) is 18.8 Å². The Bertz CT molecular complexity index is 467. The Balaban J connectivity index is 1.52. The van der Waals surface area contributed by atoms with Crippen molar-refractivity contribution in [1.29, 1.82) is 0 Å². The van der Waals surface area contributed by atoms with E-state index >= 15 is 0 Å². The molecule has 0 radical (unpaired) electrons. The number of aryl methyl sites for hydroxylation is 1. The molecule has 1 saturated heterocycles. The lowest BCUT2D eigenvalue weighted by molar-refractivity contribution is 0.185. The summed E-state index contributed by atoms with van der Waals surface area (Å²) in [7, 11) is 0. The van der Waals surface area contributed by atoms with Gasteiger partial charge >= 0.3 is 6.03 Å². The molecule has 2 heterocycles. The fraction of sp³-hybridized carbons (Fsp3) is 0.714. The van der Waals surface area contributed by atoms with Crippen LogP contribution in [0.1, 0.15) is 36.0 Å². The summed E-state index contributed by atoms with van der Waals surface area (Å²) in [5.41, 5.74) is 1.03.